The van der Waals surface area contributed by atoms with Gasteiger partial charge in [-0.3, -0.25) is 10.1 Å². The van der Waals surface area contributed by atoms with Gasteiger partial charge in [0.2, 0.25) is 5.55 Å². The summed E-state index contributed by atoms with van der Waals surface area (Å²) in [6, 6.07) is 17.1. The molecule has 27 heavy (non-hydrogen) atoms. The fourth-order valence-electron chi connectivity index (χ4n) is 2.54. The zero-order chi connectivity index (χ0) is 18.6. The monoisotopic (exact) mass is 393 g/mol. The summed E-state index contributed by atoms with van der Waals surface area (Å²) in [7, 11) is 0. The largest absolute Gasteiger partial charge is 0.438 e. The lowest BCUT2D eigenvalue weighted by atomic mass is 10.2. The molecule has 4 rings (SSSR count). The van der Waals surface area contributed by atoms with Gasteiger partial charge >= 0.3 is 0 Å². The van der Waals surface area contributed by atoms with Gasteiger partial charge in [0.1, 0.15) is 11.1 Å². The third kappa shape index (κ3) is 3.94. The Hall–Kier alpha value is -2.90. The molecule has 0 aliphatic heterocycles. The molecule has 0 aliphatic carbocycles. The number of aromatic nitrogens is 1. The predicted molar refractivity (Wildman–Crippen MR) is 110 cm³/mol. The highest BCUT2D eigenvalue weighted by molar-refractivity contribution is 7.98. The van der Waals surface area contributed by atoms with Crippen molar-refractivity contribution in [2.24, 2.45) is 4.99 Å². The predicted octanol–water partition coefficient (Wildman–Crippen LogP) is 5.10. The van der Waals surface area contributed by atoms with Crippen LogP contribution in [0.2, 0.25) is 0 Å². The van der Waals surface area contributed by atoms with Gasteiger partial charge in [0.15, 0.2) is 5.13 Å². The molecule has 4 aromatic rings. The van der Waals surface area contributed by atoms with Crippen LogP contribution in [0.4, 0.5) is 10.8 Å². The number of nitrogens with zero attached hydrogens (tertiary/aromatic N) is 2. The first-order chi connectivity index (χ1) is 13.2. The van der Waals surface area contributed by atoms with E-state index in [1.54, 1.807) is 29.4 Å². The van der Waals surface area contributed by atoms with E-state index in [2.05, 4.69) is 15.3 Å². The molecule has 0 aliphatic rings. The van der Waals surface area contributed by atoms with Crippen molar-refractivity contribution in [3.63, 3.8) is 0 Å². The molecule has 0 bridgehead atoms. The van der Waals surface area contributed by atoms with Gasteiger partial charge in [-0.2, -0.15) is 0 Å². The maximum absolute atomic E-state index is 12.8. The maximum atomic E-state index is 12.8. The number of anilines is 1. The normalized spacial score (nSPS) is 11.7. The molecular formula is C20H15N3O2S2. The zero-order valence-corrected chi connectivity index (χ0v) is 16.0. The fraction of sp³-hybridized carbons (Fsp3) is 0.0500. The Labute approximate surface area is 163 Å². The minimum atomic E-state index is -0.307. The second-order valence-corrected chi connectivity index (χ2v) is 7.38. The van der Waals surface area contributed by atoms with Crippen LogP contribution in [-0.2, 0) is 0 Å². The Balaban J connectivity index is 1.83. The van der Waals surface area contributed by atoms with Crippen LogP contribution in [0.1, 0.15) is 10.4 Å². The van der Waals surface area contributed by atoms with Gasteiger partial charge in [0.05, 0.1) is 5.69 Å². The summed E-state index contributed by atoms with van der Waals surface area (Å²) in [4.78, 5) is 22.6. The number of fused-ring (bicyclic) bond motifs is 1. The first-order valence-corrected chi connectivity index (χ1v) is 10.3. The lowest BCUT2D eigenvalue weighted by molar-refractivity contribution is 0.102. The van der Waals surface area contributed by atoms with E-state index >= 15 is 0 Å². The number of rotatable bonds is 4. The van der Waals surface area contributed by atoms with E-state index in [1.165, 1.54) is 11.3 Å². The number of amides is 1. The van der Waals surface area contributed by atoms with Crippen molar-refractivity contribution >= 4 is 50.8 Å². The smallest absolute Gasteiger partial charge is 0.262 e. The van der Waals surface area contributed by atoms with E-state index in [0.717, 1.165) is 16.0 Å². The van der Waals surface area contributed by atoms with Crippen molar-refractivity contribution in [3.8, 4) is 0 Å². The topological polar surface area (TPSA) is 67.5 Å². The van der Waals surface area contributed by atoms with Crippen molar-refractivity contribution in [3.05, 3.63) is 77.3 Å². The summed E-state index contributed by atoms with van der Waals surface area (Å²) >= 11 is 3.02. The number of nitrogens with one attached hydrogen (secondary N) is 1. The number of hydrogen-bond donors (Lipinski definition) is 1. The number of thioether (sulfide) groups is 1. The van der Waals surface area contributed by atoms with Crippen LogP contribution in [0.3, 0.4) is 0 Å². The minimum absolute atomic E-state index is 0.264. The molecule has 0 spiro atoms. The number of para-hydroxylation sites is 1. The minimum Gasteiger partial charge on any atom is -0.438 e. The first-order valence-electron chi connectivity index (χ1n) is 8.15. The van der Waals surface area contributed by atoms with Crippen molar-refractivity contribution in [1.29, 1.82) is 0 Å². The molecule has 7 heteroatoms. The zero-order valence-electron chi connectivity index (χ0n) is 14.4. The van der Waals surface area contributed by atoms with Crippen molar-refractivity contribution in [2.75, 3.05) is 11.6 Å². The molecule has 2 heterocycles. The number of thiazole rings is 1. The maximum Gasteiger partial charge on any atom is 0.262 e. The molecule has 134 valence electrons. The van der Waals surface area contributed by atoms with Crippen LogP contribution in [0.5, 0.6) is 0 Å². The van der Waals surface area contributed by atoms with E-state index in [1.807, 2.05) is 54.8 Å². The Kier molecular flexibility index (Phi) is 5.04. The molecule has 5 nitrogen and oxygen atoms in total. The van der Waals surface area contributed by atoms with Crippen LogP contribution < -0.4 is 10.9 Å². The summed E-state index contributed by atoms with van der Waals surface area (Å²) in [6.45, 7) is 0. The van der Waals surface area contributed by atoms with Gasteiger partial charge in [-0.1, -0.05) is 18.2 Å². The highest BCUT2D eigenvalue weighted by Gasteiger charge is 2.14. The third-order valence-electron chi connectivity index (χ3n) is 3.86. The van der Waals surface area contributed by atoms with Gasteiger partial charge < -0.3 is 4.42 Å². The van der Waals surface area contributed by atoms with Crippen LogP contribution in [0, 0.1) is 0 Å². The molecule has 0 radical (unpaired) electrons. The number of carbonyl (C=O) groups is 1. The quantitative estimate of drug-likeness (QED) is 0.490. The highest BCUT2D eigenvalue weighted by Crippen LogP contribution is 2.20. The Morgan fingerprint density at radius 2 is 2.00 bits per heavy atom. The highest BCUT2D eigenvalue weighted by atomic mass is 32.2. The number of carbonyl (C=O) groups excluding carboxylic acids is 1. The van der Waals surface area contributed by atoms with Gasteiger partial charge in [-0.25, -0.2) is 9.98 Å². The second kappa shape index (κ2) is 7.77. The van der Waals surface area contributed by atoms with Crippen LogP contribution in [0.15, 0.2) is 80.5 Å². The number of hydrogen-bond acceptors (Lipinski definition) is 6. The van der Waals surface area contributed by atoms with Gasteiger partial charge in [-0.15, -0.1) is 23.1 Å². The van der Waals surface area contributed by atoms with Crippen molar-refractivity contribution in [1.82, 2.24) is 4.98 Å². The second-order valence-electron chi connectivity index (χ2n) is 5.60. The summed E-state index contributed by atoms with van der Waals surface area (Å²) in [5.41, 5.74) is 2.01. The molecule has 0 fully saturated rings. The van der Waals surface area contributed by atoms with Gasteiger partial charge in [0, 0.05) is 21.9 Å². The van der Waals surface area contributed by atoms with Crippen LogP contribution in [-0.4, -0.2) is 17.1 Å². The van der Waals surface area contributed by atoms with E-state index in [9.17, 15) is 4.79 Å². The average molecular weight is 393 g/mol. The van der Waals surface area contributed by atoms with Crippen LogP contribution >= 0.6 is 23.1 Å². The lowest BCUT2D eigenvalue weighted by Crippen LogP contribution is -2.21. The fourth-order valence-corrected chi connectivity index (χ4v) is 3.47. The van der Waals surface area contributed by atoms with E-state index in [0.29, 0.717) is 16.3 Å². The first kappa shape index (κ1) is 17.5. The number of benzene rings is 2. The molecule has 2 aromatic heterocycles. The molecule has 2 aromatic carbocycles. The van der Waals surface area contributed by atoms with Crippen molar-refractivity contribution in [2.45, 2.75) is 4.90 Å². The third-order valence-corrected chi connectivity index (χ3v) is 5.29. The molecule has 1 N–H and O–H groups in total. The molecule has 0 saturated heterocycles. The molecule has 0 saturated carbocycles. The Bertz CT molecular complexity index is 1150. The van der Waals surface area contributed by atoms with E-state index < -0.39 is 0 Å². The molecule has 1 amide bonds. The van der Waals surface area contributed by atoms with E-state index in [-0.39, 0.29) is 11.5 Å². The summed E-state index contributed by atoms with van der Waals surface area (Å²) in [6.07, 6.45) is 3.66. The van der Waals surface area contributed by atoms with Gasteiger partial charge in [-0.05, 0) is 42.7 Å². The van der Waals surface area contributed by atoms with Gasteiger partial charge in [0.25, 0.3) is 5.91 Å². The molecule has 0 atom stereocenters. The average Bonchev–Trinajstić information content (AvgIpc) is 3.21. The summed E-state index contributed by atoms with van der Waals surface area (Å²) in [5, 5.41) is 5.96. The summed E-state index contributed by atoms with van der Waals surface area (Å²) < 4.78 is 5.94. The molecular weight excluding hydrogens is 378 g/mol. The molecule has 0 unspecified atom stereocenters. The summed E-state index contributed by atoms with van der Waals surface area (Å²) in [5.74, 6) is -0.307. The standard InChI is InChI=1S/C20H15N3O2S2/c1-26-15-8-6-14(7-9-15)22-19-16(18(24)23-20-21-10-11-27-20)12-13-4-2-3-5-17(13)25-19/h2-12H,1H3,(H,21,23,24). The Morgan fingerprint density at radius 1 is 1.19 bits per heavy atom. The SMILES string of the molecule is CSc1ccc(N=c2oc3ccccc3cc2C(=O)Nc2nccs2)cc1. The van der Waals surface area contributed by atoms with Crippen molar-refractivity contribution < 1.29 is 9.21 Å². The van der Waals surface area contributed by atoms with E-state index in [4.69, 9.17) is 4.42 Å². The Morgan fingerprint density at radius 3 is 2.74 bits per heavy atom. The van der Waals surface area contributed by atoms with Crippen LogP contribution in [0.25, 0.3) is 11.0 Å². The lowest BCUT2D eigenvalue weighted by Gasteiger charge is -2.05.